The van der Waals surface area contributed by atoms with Gasteiger partial charge in [-0.3, -0.25) is 4.90 Å². The van der Waals surface area contributed by atoms with Crippen molar-refractivity contribution in [3.8, 4) is 0 Å². The van der Waals surface area contributed by atoms with Crippen LogP contribution >= 0.6 is 11.3 Å². The second-order valence-corrected chi connectivity index (χ2v) is 7.28. The Balaban J connectivity index is 1.93. The fourth-order valence-corrected chi connectivity index (χ4v) is 3.62. The molecule has 18 heavy (non-hydrogen) atoms. The second kappa shape index (κ2) is 5.72. The first-order valence-electron chi connectivity index (χ1n) is 7.07. The van der Waals surface area contributed by atoms with Crippen LogP contribution in [-0.2, 0) is 13.1 Å². The van der Waals surface area contributed by atoms with E-state index in [9.17, 15) is 0 Å². The van der Waals surface area contributed by atoms with Crippen molar-refractivity contribution in [3.63, 3.8) is 0 Å². The Morgan fingerprint density at radius 1 is 1.39 bits per heavy atom. The first-order valence-corrected chi connectivity index (χ1v) is 7.88. The largest absolute Gasteiger partial charge is 0.326 e. The van der Waals surface area contributed by atoms with Crippen LogP contribution in [0.3, 0.4) is 0 Å². The van der Waals surface area contributed by atoms with Gasteiger partial charge in [-0.25, -0.2) is 0 Å². The zero-order chi connectivity index (χ0) is 13.2. The minimum atomic E-state index is 0.586. The van der Waals surface area contributed by atoms with Gasteiger partial charge in [0.05, 0.1) is 0 Å². The highest BCUT2D eigenvalue weighted by atomic mass is 32.1. The van der Waals surface area contributed by atoms with Crippen LogP contribution in [-0.4, -0.2) is 18.0 Å². The van der Waals surface area contributed by atoms with Crippen molar-refractivity contribution >= 4 is 11.3 Å². The predicted molar refractivity (Wildman–Crippen MR) is 79.9 cm³/mol. The first kappa shape index (κ1) is 14.0. The number of hydrogen-bond acceptors (Lipinski definition) is 3. The van der Waals surface area contributed by atoms with Crippen molar-refractivity contribution in [2.75, 3.05) is 13.1 Å². The average molecular weight is 266 g/mol. The quantitative estimate of drug-likeness (QED) is 0.903. The molecule has 0 saturated carbocycles. The summed E-state index contributed by atoms with van der Waals surface area (Å²) < 4.78 is 0. The monoisotopic (exact) mass is 266 g/mol. The lowest BCUT2D eigenvalue weighted by molar-refractivity contribution is 0.109. The lowest BCUT2D eigenvalue weighted by atomic mass is 9.78. The van der Waals surface area contributed by atoms with Crippen molar-refractivity contribution in [1.29, 1.82) is 0 Å². The first-order chi connectivity index (χ1) is 8.56. The molecule has 0 bridgehead atoms. The maximum atomic E-state index is 5.72. The maximum Gasteiger partial charge on any atom is 0.0274 e. The molecule has 0 atom stereocenters. The molecule has 2 nitrogen and oxygen atoms in total. The Morgan fingerprint density at radius 2 is 2.06 bits per heavy atom. The van der Waals surface area contributed by atoms with Crippen molar-refractivity contribution < 1.29 is 0 Å². The fraction of sp³-hybridized carbons (Fsp3) is 0.733. The van der Waals surface area contributed by atoms with E-state index in [0.29, 0.717) is 12.0 Å². The van der Waals surface area contributed by atoms with Gasteiger partial charge in [-0.15, -0.1) is 11.3 Å². The Kier molecular flexibility index (Phi) is 4.46. The second-order valence-electron chi connectivity index (χ2n) is 5.94. The lowest BCUT2D eigenvalue weighted by Gasteiger charge is -2.38. The number of piperidine rings is 1. The van der Waals surface area contributed by atoms with E-state index in [4.69, 9.17) is 5.73 Å². The Bertz CT molecular complexity index is 389. The number of hydrogen-bond donors (Lipinski definition) is 1. The fourth-order valence-electron chi connectivity index (χ4n) is 2.69. The predicted octanol–water partition coefficient (Wildman–Crippen LogP) is 3.53. The van der Waals surface area contributed by atoms with Gasteiger partial charge >= 0.3 is 0 Å². The highest BCUT2D eigenvalue weighted by Crippen LogP contribution is 2.34. The summed E-state index contributed by atoms with van der Waals surface area (Å²) in [4.78, 5) is 5.37. The van der Waals surface area contributed by atoms with Crippen LogP contribution in [0.25, 0.3) is 0 Å². The highest BCUT2D eigenvalue weighted by molar-refractivity contribution is 7.12. The third kappa shape index (κ3) is 3.14. The molecular formula is C15H26N2S. The Morgan fingerprint density at radius 3 is 2.56 bits per heavy atom. The summed E-state index contributed by atoms with van der Waals surface area (Å²) in [5.41, 5.74) is 7.79. The molecule has 102 valence electrons. The van der Waals surface area contributed by atoms with E-state index in [1.54, 1.807) is 0 Å². The molecule has 0 aliphatic carbocycles. The molecule has 2 rings (SSSR count). The van der Waals surface area contributed by atoms with Gasteiger partial charge in [0.1, 0.15) is 0 Å². The third-order valence-corrected chi connectivity index (χ3v) is 5.70. The number of nitrogens with two attached hydrogens (primary N) is 1. The number of aryl methyl sites for hydroxylation is 1. The zero-order valence-corrected chi connectivity index (χ0v) is 12.8. The molecule has 0 unspecified atom stereocenters. The van der Waals surface area contributed by atoms with Crippen LogP contribution in [0.4, 0.5) is 0 Å². The smallest absolute Gasteiger partial charge is 0.0274 e. The van der Waals surface area contributed by atoms with Gasteiger partial charge in [-0.1, -0.05) is 20.3 Å². The molecular weight excluding hydrogens is 240 g/mol. The van der Waals surface area contributed by atoms with Crippen LogP contribution in [0, 0.1) is 12.3 Å². The van der Waals surface area contributed by atoms with E-state index in [-0.39, 0.29) is 0 Å². The molecule has 1 fully saturated rings. The SMILES string of the molecule is CCC1(C)CCN(Cc2cc(CN)sc2C)CC1. The van der Waals surface area contributed by atoms with Crippen molar-refractivity contribution in [1.82, 2.24) is 4.90 Å². The van der Waals surface area contributed by atoms with Gasteiger partial charge in [0, 0.05) is 22.8 Å². The molecule has 1 aliphatic rings. The number of rotatable bonds is 4. The Hall–Kier alpha value is -0.380. The zero-order valence-electron chi connectivity index (χ0n) is 12.0. The number of nitrogens with zero attached hydrogens (tertiary/aromatic N) is 1. The van der Waals surface area contributed by atoms with Crippen molar-refractivity contribution in [2.24, 2.45) is 11.1 Å². The molecule has 3 heteroatoms. The van der Waals surface area contributed by atoms with Crippen LogP contribution in [0.15, 0.2) is 6.07 Å². The van der Waals surface area contributed by atoms with Crippen LogP contribution < -0.4 is 5.73 Å². The van der Waals surface area contributed by atoms with Crippen molar-refractivity contribution in [2.45, 2.75) is 53.1 Å². The van der Waals surface area contributed by atoms with E-state index >= 15 is 0 Å². The lowest BCUT2D eigenvalue weighted by Crippen LogP contribution is -2.37. The Labute approximate surface area is 115 Å². The third-order valence-electron chi connectivity index (χ3n) is 4.58. The van der Waals surface area contributed by atoms with Crippen LogP contribution in [0.5, 0.6) is 0 Å². The van der Waals surface area contributed by atoms with E-state index < -0.39 is 0 Å². The minimum Gasteiger partial charge on any atom is -0.326 e. The molecule has 0 aromatic carbocycles. The summed E-state index contributed by atoms with van der Waals surface area (Å²) >= 11 is 1.86. The van der Waals surface area contributed by atoms with Crippen LogP contribution in [0.1, 0.15) is 48.4 Å². The van der Waals surface area contributed by atoms with Crippen molar-refractivity contribution in [3.05, 3.63) is 21.4 Å². The van der Waals surface area contributed by atoms with Gasteiger partial charge in [0.25, 0.3) is 0 Å². The molecule has 2 heterocycles. The summed E-state index contributed by atoms with van der Waals surface area (Å²) in [6.45, 7) is 11.3. The molecule has 0 spiro atoms. The summed E-state index contributed by atoms with van der Waals surface area (Å²) in [6.07, 6.45) is 4.00. The number of thiophene rings is 1. The van der Waals surface area contributed by atoms with Crippen LogP contribution in [0.2, 0.25) is 0 Å². The molecule has 0 amide bonds. The normalized spacial score (nSPS) is 20.2. The molecule has 1 saturated heterocycles. The summed E-state index contributed by atoms with van der Waals surface area (Å²) in [5.74, 6) is 0. The maximum absolute atomic E-state index is 5.72. The topological polar surface area (TPSA) is 29.3 Å². The highest BCUT2D eigenvalue weighted by Gasteiger charge is 2.28. The molecule has 1 aliphatic heterocycles. The molecule has 1 aromatic heterocycles. The van der Waals surface area contributed by atoms with E-state index in [1.165, 1.54) is 47.7 Å². The van der Waals surface area contributed by atoms with E-state index in [0.717, 1.165) is 6.54 Å². The average Bonchev–Trinajstić information content (AvgIpc) is 2.73. The van der Waals surface area contributed by atoms with Gasteiger partial charge in [-0.2, -0.15) is 0 Å². The molecule has 2 N–H and O–H groups in total. The summed E-state index contributed by atoms with van der Waals surface area (Å²) in [7, 11) is 0. The molecule has 1 aromatic rings. The summed E-state index contributed by atoms with van der Waals surface area (Å²) in [5, 5.41) is 0. The van der Waals surface area contributed by atoms with E-state index in [2.05, 4.69) is 31.7 Å². The molecule has 0 radical (unpaired) electrons. The number of likely N-dealkylation sites (tertiary alicyclic amines) is 1. The van der Waals surface area contributed by atoms with E-state index in [1.807, 2.05) is 11.3 Å². The standard InChI is InChI=1S/C15H26N2S/c1-4-15(3)5-7-17(8-6-15)11-13-9-14(10-16)18-12(13)2/h9H,4-8,10-11,16H2,1-3H3. The van der Waals surface area contributed by atoms with Gasteiger partial charge in [-0.05, 0) is 49.9 Å². The minimum absolute atomic E-state index is 0.586. The van der Waals surface area contributed by atoms with Gasteiger partial charge in [0.2, 0.25) is 0 Å². The summed E-state index contributed by atoms with van der Waals surface area (Å²) in [6, 6.07) is 2.30. The van der Waals surface area contributed by atoms with Gasteiger partial charge < -0.3 is 5.73 Å². The van der Waals surface area contributed by atoms with Gasteiger partial charge in [0.15, 0.2) is 0 Å².